The van der Waals surface area contributed by atoms with E-state index in [0.29, 0.717) is 0 Å². The van der Waals surface area contributed by atoms with Gasteiger partial charge < -0.3 is 5.11 Å². The van der Waals surface area contributed by atoms with Crippen LogP contribution in [0.5, 0.6) is 5.75 Å². The van der Waals surface area contributed by atoms with Crippen molar-refractivity contribution < 1.29 is 9.90 Å². The maximum Gasteiger partial charge on any atom is 0.245 e. The molecule has 1 rings (SSSR count). The molecule has 0 heterocycles. The standard InChI is InChI=1S/C9H7ClO2/c10-9(12)6-3-7-1-4-8(11)5-2-7/h1-6,11H/b6-3+. The van der Waals surface area contributed by atoms with Crippen LogP contribution >= 0.6 is 11.6 Å². The molecular formula is C9H7ClO2. The molecular weight excluding hydrogens is 176 g/mol. The Morgan fingerprint density at radius 2 is 1.92 bits per heavy atom. The van der Waals surface area contributed by atoms with Gasteiger partial charge in [-0.3, -0.25) is 4.79 Å². The molecule has 2 nitrogen and oxygen atoms in total. The van der Waals surface area contributed by atoms with Crippen LogP contribution in [-0.4, -0.2) is 10.3 Å². The highest BCUT2D eigenvalue weighted by Gasteiger charge is 1.89. The first-order valence-electron chi connectivity index (χ1n) is 3.35. The van der Waals surface area contributed by atoms with Crippen molar-refractivity contribution in [3.8, 4) is 5.75 Å². The van der Waals surface area contributed by atoms with Crippen molar-refractivity contribution >= 4 is 22.9 Å². The van der Waals surface area contributed by atoms with Crippen molar-refractivity contribution in [2.45, 2.75) is 0 Å². The van der Waals surface area contributed by atoms with Gasteiger partial charge in [-0.15, -0.1) is 0 Å². The van der Waals surface area contributed by atoms with E-state index in [9.17, 15) is 4.79 Å². The van der Waals surface area contributed by atoms with Crippen LogP contribution in [0.3, 0.4) is 0 Å². The number of allylic oxidation sites excluding steroid dienone is 1. The fourth-order valence-corrected chi connectivity index (χ4v) is 0.810. The van der Waals surface area contributed by atoms with Crippen LogP contribution in [0.1, 0.15) is 5.56 Å². The van der Waals surface area contributed by atoms with Gasteiger partial charge in [-0.05, 0) is 35.4 Å². The minimum absolute atomic E-state index is 0.198. The number of hydrogen-bond acceptors (Lipinski definition) is 2. The topological polar surface area (TPSA) is 37.3 Å². The van der Waals surface area contributed by atoms with E-state index in [0.717, 1.165) is 5.56 Å². The van der Waals surface area contributed by atoms with E-state index in [1.165, 1.54) is 6.08 Å². The van der Waals surface area contributed by atoms with Gasteiger partial charge in [-0.1, -0.05) is 18.2 Å². The number of phenolic OH excluding ortho intramolecular Hbond substituents is 1. The lowest BCUT2D eigenvalue weighted by Gasteiger charge is -1.92. The molecule has 0 amide bonds. The summed E-state index contributed by atoms with van der Waals surface area (Å²) in [5.74, 6) is 0.198. The number of hydrogen-bond donors (Lipinski definition) is 1. The smallest absolute Gasteiger partial charge is 0.245 e. The zero-order valence-electron chi connectivity index (χ0n) is 6.20. The van der Waals surface area contributed by atoms with Crippen LogP contribution in [0.15, 0.2) is 30.3 Å². The summed E-state index contributed by atoms with van der Waals surface area (Å²) in [5, 5.41) is 8.41. The van der Waals surface area contributed by atoms with E-state index < -0.39 is 5.24 Å². The fourth-order valence-electron chi connectivity index (χ4n) is 0.747. The molecule has 0 unspecified atom stereocenters. The van der Waals surface area contributed by atoms with Crippen LogP contribution in [-0.2, 0) is 4.79 Å². The highest BCUT2D eigenvalue weighted by molar-refractivity contribution is 6.66. The molecule has 0 aliphatic rings. The maximum atomic E-state index is 10.3. The summed E-state index contributed by atoms with van der Waals surface area (Å²) in [6.07, 6.45) is 2.84. The van der Waals surface area contributed by atoms with Gasteiger partial charge >= 0.3 is 0 Å². The molecule has 0 fully saturated rings. The highest BCUT2D eigenvalue weighted by atomic mass is 35.5. The molecule has 1 aromatic rings. The Balaban J connectivity index is 2.77. The predicted molar refractivity (Wildman–Crippen MR) is 48.0 cm³/mol. The number of benzene rings is 1. The van der Waals surface area contributed by atoms with E-state index in [-0.39, 0.29) is 5.75 Å². The highest BCUT2D eigenvalue weighted by Crippen LogP contribution is 2.10. The first-order valence-corrected chi connectivity index (χ1v) is 3.73. The monoisotopic (exact) mass is 182 g/mol. The minimum atomic E-state index is -0.511. The lowest BCUT2D eigenvalue weighted by atomic mass is 10.2. The molecule has 0 atom stereocenters. The molecule has 1 aromatic carbocycles. The van der Waals surface area contributed by atoms with E-state index >= 15 is 0 Å². The Bertz CT molecular complexity index is 301. The van der Waals surface area contributed by atoms with Crippen molar-refractivity contribution in [2.75, 3.05) is 0 Å². The van der Waals surface area contributed by atoms with Gasteiger partial charge in [0.1, 0.15) is 5.75 Å². The van der Waals surface area contributed by atoms with Gasteiger partial charge in [-0.2, -0.15) is 0 Å². The average Bonchev–Trinajstić information content (AvgIpc) is 2.03. The lowest BCUT2D eigenvalue weighted by molar-refractivity contribution is -0.107. The average molecular weight is 183 g/mol. The number of carbonyl (C=O) groups excluding carboxylic acids is 1. The molecule has 62 valence electrons. The molecule has 12 heavy (non-hydrogen) atoms. The first kappa shape index (κ1) is 8.81. The van der Waals surface area contributed by atoms with Gasteiger partial charge in [0.05, 0.1) is 0 Å². The van der Waals surface area contributed by atoms with Gasteiger partial charge in [0.15, 0.2) is 0 Å². The van der Waals surface area contributed by atoms with Crippen molar-refractivity contribution in [3.63, 3.8) is 0 Å². The summed E-state index contributed by atoms with van der Waals surface area (Å²) < 4.78 is 0. The summed E-state index contributed by atoms with van der Waals surface area (Å²) in [6.45, 7) is 0. The van der Waals surface area contributed by atoms with Gasteiger partial charge in [-0.25, -0.2) is 0 Å². The molecule has 0 saturated carbocycles. The van der Waals surface area contributed by atoms with E-state index in [4.69, 9.17) is 16.7 Å². The second-order valence-corrected chi connectivity index (χ2v) is 2.60. The van der Waals surface area contributed by atoms with Crippen LogP contribution < -0.4 is 0 Å². The van der Waals surface area contributed by atoms with Crippen LogP contribution in [0.25, 0.3) is 6.08 Å². The molecule has 0 spiro atoms. The Labute approximate surface area is 75.1 Å². The third-order valence-corrected chi connectivity index (χ3v) is 1.43. The molecule has 1 N–H and O–H groups in total. The molecule has 0 aliphatic carbocycles. The van der Waals surface area contributed by atoms with Crippen molar-refractivity contribution in [1.82, 2.24) is 0 Å². The zero-order chi connectivity index (χ0) is 8.97. The summed E-state index contributed by atoms with van der Waals surface area (Å²) in [6, 6.07) is 6.45. The summed E-state index contributed by atoms with van der Waals surface area (Å²) >= 11 is 5.08. The summed E-state index contributed by atoms with van der Waals surface area (Å²) in [4.78, 5) is 10.3. The predicted octanol–water partition coefficient (Wildman–Crippen LogP) is 2.17. The minimum Gasteiger partial charge on any atom is -0.508 e. The molecule has 0 aliphatic heterocycles. The van der Waals surface area contributed by atoms with Crippen molar-refractivity contribution in [2.24, 2.45) is 0 Å². The number of carbonyl (C=O) groups is 1. The Hall–Kier alpha value is -1.28. The van der Waals surface area contributed by atoms with E-state index in [1.54, 1.807) is 30.3 Å². The molecule has 0 aromatic heterocycles. The third-order valence-electron chi connectivity index (χ3n) is 1.30. The Morgan fingerprint density at radius 3 is 2.42 bits per heavy atom. The second kappa shape index (κ2) is 3.93. The molecule has 3 heteroatoms. The number of rotatable bonds is 2. The normalized spacial score (nSPS) is 10.4. The van der Waals surface area contributed by atoms with E-state index in [2.05, 4.69) is 0 Å². The largest absolute Gasteiger partial charge is 0.508 e. The van der Waals surface area contributed by atoms with Gasteiger partial charge in [0.25, 0.3) is 0 Å². The van der Waals surface area contributed by atoms with Gasteiger partial charge in [0.2, 0.25) is 5.24 Å². The second-order valence-electron chi connectivity index (χ2n) is 2.23. The summed E-state index contributed by atoms with van der Waals surface area (Å²) in [5.41, 5.74) is 0.821. The quantitative estimate of drug-likeness (QED) is 0.562. The number of halogens is 1. The summed E-state index contributed by atoms with van der Waals surface area (Å²) in [7, 11) is 0. The van der Waals surface area contributed by atoms with Crippen molar-refractivity contribution in [1.29, 1.82) is 0 Å². The Kier molecular flexibility index (Phi) is 2.88. The lowest BCUT2D eigenvalue weighted by Crippen LogP contribution is -1.75. The van der Waals surface area contributed by atoms with Gasteiger partial charge in [0, 0.05) is 0 Å². The van der Waals surface area contributed by atoms with Crippen LogP contribution in [0, 0.1) is 0 Å². The van der Waals surface area contributed by atoms with Crippen LogP contribution in [0.2, 0.25) is 0 Å². The number of phenols is 1. The first-order chi connectivity index (χ1) is 5.68. The Morgan fingerprint density at radius 1 is 1.33 bits per heavy atom. The fraction of sp³-hybridized carbons (Fsp3) is 0. The number of aromatic hydroxyl groups is 1. The SMILES string of the molecule is O=C(Cl)/C=C/c1ccc(O)cc1. The van der Waals surface area contributed by atoms with Crippen molar-refractivity contribution in [3.05, 3.63) is 35.9 Å². The zero-order valence-corrected chi connectivity index (χ0v) is 6.95. The maximum absolute atomic E-state index is 10.3. The third kappa shape index (κ3) is 2.76. The molecule has 0 bridgehead atoms. The molecule has 0 radical (unpaired) electrons. The van der Waals surface area contributed by atoms with Crippen LogP contribution in [0.4, 0.5) is 0 Å². The van der Waals surface area contributed by atoms with E-state index in [1.807, 2.05) is 0 Å². The molecule has 0 saturated heterocycles.